The van der Waals surface area contributed by atoms with Crippen LogP contribution >= 0.6 is 0 Å². The van der Waals surface area contributed by atoms with Crippen LogP contribution < -0.4 is 0 Å². The van der Waals surface area contributed by atoms with Crippen molar-refractivity contribution in [3.63, 3.8) is 0 Å². The first-order chi connectivity index (χ1) is 3.39. The lowest BCUT2D eigenvalue weighted by atomic mass is 10.1. The lowest BCUT2D eigenvalue weighted by molar-refractivity contribution is 0.131. The van der Waals surface area contributed by atoms with Gasteiger partial charge in [-0.2, -0.15) is 0 Å². The molecule has 36 valence electrons. The van der Waals surface area contributed by atoms with Crippen LogP contribution in [0.15, 0.2) is 18.2 Å². The Labute approximate surface area is 43.0 Å². The third-order valence-corrected chi connectivity index (χ3v) is 0.875. The van der Waals surface area contributed by atoms with Crippen molar-refractivity contribution in [1.29, 1.82) is 0 Å². The Morgan fingerprint density at radius 2 is 2.57 bits per heavy atom. The van der Waals surface area contributed by atoms with E-state index >= 15 is 0 Å². The van der Waals surface area contributed by atoms with E-state index in [0.717, 1.165) is 0 Å². The highest BCUT2D eigenvalue weighted by Gasteiger charge is 1.98. The van der Waals surface area contributed by atoms with Crippen molar-refractivity contribution in [1.82, 2.24) is 0 Å². The summed E-state index contributed by atoms with van der Waals surface area (Å²) in [6.07, 6.45) is 7.94. The van der Waals surface area contributed by atoms with Gasteiger partial charge >= 0.3 is 0 Å². The van der Waals surface area contributed by atoms with Crippen molar-refractivity contribution in [3.05, 3.63) is 24.3 Å². The van der Waals surface area contributed by atoms with E-state index in [2.05, 4.69) is 6.08 Å². The van der Waals surface area contributed by atoms with Gasteiger partial charge in [0, 0.05) is 0 Å². The van der Waals surface area contributed by atoms with Crippen molar-refractivity contribution in [3.8, 4) is 0 Å². The van der Waals surface area contributed by atoms with Crippen LogP contribution in [0.1, 0.15) is 6.42 Å². The summed E-state index contributed by atoms with van der Waals surface area (Å²) in [7, 11) is 0. The Morgan fingerprint density at radius 1 is 1.71 bits per heavy atom. The van der Waals surface area contributed by atoms with Gasteiger partial charge in [0.25, 0.3) is 0 Å². The molecule has 0 amide bonds. The van der Waals surface area contributed by atoms with Gasteiger partial charge in [0.1, 0.15) is 6.10 Å². The molecule has 0 aromatic heterocycles. The summed E-state index contributed by atoms with van der Waals surface area (Å²) in [4.78, 5) is 0. The smallest absolute Gasteiger partial charge is 0.115 e. The summed E-state index contributed by atoms with van der Waals surface area (Å²) in [5, 5.41) is 10.4. The van der Waals surface area contributed by atoms with Crippen molar-refractivity contribution in [2.45, 2.75) is 12.5 Å². The molecule has 0 bridgehead atoms. The minimum atomic E-state index is -0.513. The predicted octanol–water partition coefficient (Wildman–Crippen LogP) is 1.10. The first-order valence-electron chi connectivity index (χ1n) is 2.30. The molecular weight excluding hydrogens is 88.1 g/mol. The second kappa shape index (κ2) is 1.94. The second-order valence-corrected chi connectivity index (χ2v) is 1.50. The number of allylic oxidation sites excluding steroid dienone is 2. The SMILES string of the molecule is [O]C1C=C[C]=CC1. The Morgan fingerprint density at radius 3 is 2.86 bits per heavy atom. The average Bonchev–Trinajstić information content (AvgIpc) is 1.69. The van der Waals surface area contributed by atoms with Gasteiger partial charge in [-0.3, -0.25) is 0 Å². The molecule has 1 aliphatic carbocycles. The standard InChI is InChI=1S/C6H6O/c7-6-4-2-1-3-5-6/h2-4,6H,5H2. The number of hydrogen-bond acceptors (Lipinski definition) is 0. The normalized spacial score (nSPS) is 28.4. The molecule has 1 aliphatic rings. The second-order valence-electron chi connectivity index (χ2n) is 1.50. The van der Waals surface area contributed by atoms with Gasteiger partial charge in [0.2, 0.25) is 0 Å². The van der Waals surface area contributed by atoms with Gasteiger partial charge < -0.3 is 0 Å². The van der Waals surface area contributed by atoms with Crippen LogP contribution in [0, 0.1) is 6.08 Å². The monoisotopic (exact) mass is 94.0 g/mol. The fourth-order valence-electron chi connectivity index (χ4n) is 0.494. The molecule has 0 fully saturated rings. The maximum absolute atomic E-state index is 10.4. The van der Waals surface area contributed by atoms with E-state index in [9.17, 15) is 5.11 Å². The first-order valence-corrected chi connectivity index (χ1v) is 2.30. The quantitative estimate of drug-likeness (QED) is 0.428. The van der Waals surface area contributed by atoms with E-state index in [1.54, 1.807) is 18.2 Å². The van der Waals surface area contributed by atoms with Gasteiger partial charge in [-0.05, 0) is 12.5 Å². The van der Waals surface area contributed by atoms with Crippen molar-refractivity contribution in [2.75, 3.05) is 0 Å². The summed E-state index contributed by atoms with van der Waals surface area (Å²) in [6.45, 7) is 0. The van der Waals surface area contributed by atoms with Gasteiger partial charge in [-0.15, -0.1) is 0 Å². The molecule has 0 aromatic carbocycles. The zero-order valence-corrected chi connectivity index (χ0v) is 3.92. The molecule has 0 N–H and O–H groups in total. The summed E-state index contributed by atoms with van der Waals surface area (Å²) >= 11 is 0. The Kier molecular flexibility index (Phi) is 1.27. The van der Waals surface area contributed by atoms with Crippen LogP contribution in [-0.4, -0.2) is 6.10 Å². The van der Waals surface area contributed by atoms with Gasteiger partial charge in [-0.1, -0.05) is 18.2 Å². The lowest BCUT2D eigenvalue weighted by Gasteiger charge is -1.98. The van der Waals surface area contributed by atoms with Crippen molar-refractivity contribution in [2.24, 2.45) is 0 Å². The van der Waals surface area contributed by atoms with Gasteiger partial charge in [0.05, 0.1) is 0 Å². The topological polar surface area (TPSA) is 19.9 Å². The van der Waals surface area contributed by atoms with E-state index in [4.69, 9.17) is 0 Å². The molecule has 1 rings (SSSR count). The molecule has 2 radical (unpaired) electrons. The lowest BCUT2D eigenvalue weighted by Crippen LogP contribution is -1.98. The minimum absolute atomic E-state index is 0.513. The summed E-state index contributed by atoms with van der Waals surface area (Å²) < 4.78 is 0. The molecule has 0 saturated heterocycles. The third kappa shape index (κ3) is 1.16. The Balaban J connectivity index is 2.49. The van der Waals surface area contributed by atoms with E-state index in [-0.39, 0.29) is 0 Å². The third-order valence-electron chi connectivity index (χ3n) is 0.875. The molecular formula is C6H6O. The zero-order valence-electron chi connectivity index (χ0n) is 3.92. The molecule has 0 spiro atoms. The van der Waals surface area contributed by atoms with Crippen LogP contribution in [0.5, 0.6) is 0 Å². The molecule has 0 aliphatic heterocycles. The van der Waals surface area contributed by atoms with E-state index in [1.165, 1.54) is 0 Å². The van der Waals surface area contributed by atoms with Crippen LogP contribution in [0.2, 0.25) is 0 Å². The van der Waals surface area contributed by atoms with Crippen molar-refractivity contribution < 1.29 is 5.11 Å². The maximum atomic E-state index is 10.4. The highest BCUT2D eigenvalue weighted by molar-refractivity contribution is 5.05. The predicted molar refractivity (Wildman–Crippen MR) is 26.0 cm³/mol. The molecule has 7 heavy (non-hydrogen) atoms. The van der Waals surface area contributed by atoms with Gasteiger partial charge in [-0.25, -0.2) is 5.11 Å². The molecule has 0 saturated carbocycles. The van der Waals surface area contributed by atoms with Gasteiger partial charge in [0.15, 0.2) is 0 Å². The highest BCUT2D eigenvalue weighted by atomic mass is 16.3. The number of hydrogen-bond donors (Lipinski definition) is 0. The van der Waals surface area contributed by atoms with E-state index in [0.29, 0.717) is 6.42 Å². The van der Waals surface area contributed by atoms with Crippen molar-refractivity contribution >= 4 is 0 Å². The molecule has 0 aromatic rings. The van der Waals surface area contributed by atoms with E-state index < -0.39 is 6.10 Å². The summed E-state index contributed by atoms with van der Waals surface area (Å²) in [5.41, 5.74) is 0. The zero-order chi connectivity index (χ0) is 5.11. The largest absolute Gasteiger partial charge is 0.228 e. The molecule has 1 heteroatoms. The number of rotatable bonds is 0. The molecule has 1 atom stereocenters. The van der Waals surface area contributed by atoms with E-state index in [1.807, 2.05) is 0 Å². The Hall–Kier alpha value is -0.560. The van der Waals surface area contributed by atoms with Crippen LogP contribution in [0.25, 0.3) is 0 Å². The maximum Gasteiger partial charge on any atom is 0.115 e. The molecule has 0 heterocycles. The Bertz CT molecular complexity index is 103. The van der Waals surface area contributed by atoms with Crippen LogP contribution in [-0.2, 0) is 5.11 Å². The summed E-state index contributed by atoms with van der Waals surface area (Å²) in [5.74, 6) is 0. The molecule has 1 nitrogen and oxygen atoms in total. The van der Waals surface area contributed by atoms with Crippen LogP contribution in [0.4, 0.5) is 0 Å². The highest BCUT2D eigenvalue weighted by Crippen LogP contribution is 2.00. The average molecular weight is 94.1 g/mol. The fourth-order valence-corrected chi connectivity index (χ4v) is 0.494. The fraction of sp³-hybridized carbons (Fsp3) is 0.333. The van der Waals surface area contributed by atoms with Crippen LogP contribution in [0.3, 0.4) is 0 Å². The first kappa shape index (κ1) is 4.60. The molecule has 1 unspecified atom stereocenters. The minimum Gasteiger partial charge on any atom is -0.228 e. The summed E-state index contributed by atoms with van der Waals surface area (Å²) in [6, 6.07) is 0.